The maximum absolute atomic E-state index is 4.61. The zero-order valence-corrected chi connectivity index (χ0v) is 12.1. The summed E-state index contributed by atoms with van der Waals surface area (Å²) in [5, 5.41) is 0. The number of thiol groups is 1. The van der Waals surface area contributed by atoms with Crippen LogP contribution < -0.4 is 0 Å². The summed E-state index contributed by atoms with van der Waals surface area (Å²) in [7, 11) is 0. The number of rotatable bonds is 9. The summed E-state index contributed by atoms with van der Waals surface area (Å²) in [4.78, 5) is 0. The second-order valence-corrected chi connectivity index (χ2v) is 5.76. The van der Waals surface area contributed by atoms with Gasteiger partial charge < -0.3 is 0 Å². The Balaban J connectivity index is 4.21. The Bertz CT molecular complexity index is 142. The molecule has 0 fully saturated rings. The van der Waals surface area contributed by atoms with Crippen LogP contribution in [0.1, 0.15) is 72.6 Å². The molecule has 0 aromatic heterocycles. The van der Waals surface area contributed by atoms with Crippen molar-refractivity contribution in [1.82, 2.24) is 0 Å². The average Bonchev–Trinajstić information content (AvgIpc) is 2.22. The third kappa shape index (κ3) is 6.50. The Morgan fingerprint density at radius 3 is 2.07 bits per heavy atom. The van der Waals surface area contributed by atoms with Crippen LogP contribution in [0.2, 0.25) is 0 Å². The quantitative estimate of drug-likeness (QED) is 0.509. The molecule has 1 heteroatoms. The monoisotopic (exact) mass is 230 g/mol. The highest BCUT2D eigenvalue weighted by Crippen LogP contribution is 2.37. The highest BCUT2D eigenvalue weighted by Gasteiger charge is 2.26. The standard InChI is InChI=1S/C14H30S/c1-5-7-10-14(12-15,9-6-2)11-8-13(3)4/h13,15H,5-12H2,1-4H3. The van der Waals surface area contributed by atoms with Crippen molar-refractivity contribution >= 4 is 12.6 Å². The van der Waals surface area contributed by atoms with Gasteiger partial charge in [0, 0.05) is 0 Å². The Kier molecular flexibility index (Phi) is 8.69. The van der Waals surface area contributed by atoms with Crippen LogP contribution in [0.5, 0.6) is 0 Å². The molecule has 0 aliphatic heterocycles. The minimum absolute atomic E-state index is 0.540. The molecule has 0 aromatic carbocycles. The van der Waals surface area contributed by atoms with Gasteiger partial charge >= 0.3 is 0 Å². The zero-order chi connectivity index (χ0) is 11.7. The molecule has 0 saturated carbocycles. The van der Waals surface area contributed by atoms with Crippen LogP contribution in [0.25, 0.3) is 0 Å². The fourth-order valence-corrected chi connectivity index (χ4v) is 2.76. The van der Waals surface area contributed by atoms with E-state index < -0.39 is 0 Å². The molecule has 0 aromatic rings. The highest BCUT2D eigenvalue weighted by atomic mass is 32.1. The first-order chi connectivity index (χ1) is 7.10. The summed E-state index contributed by atoms with van der Waals surface area (Å²) in [6.45, 7) is 9.25. The van der Waals surface area contributed by atoms with E-state index in [2.05, 4.69) is 40.3 Å². The van der Waals surface area contributed by atoms with Gasteiger partial charge in [0.05, 0.1) is 0 Å². The van der Waals surface area contributed by atoms with Crippen molar-refractivity contribution < 1.29 is 0 Å². The van der Waals surface area contributed by atoms with E-state index in [4.69, 9.17) is 0 Å². The average molecular weight is 230 g/mol. The van der Waals surface area contributed by atoms with Gasteiger partial charge in [-0.25, -0.2) is 0 Å². The lowest BCUT2D eigenvalue weighted by molar-refractivity contribution is 0.230. The Hall–Kier alpha value is 0.350. The van der Waals surface area contributed by atoms with Crippen molar-refractivity contribution in [2.24, 2.45) is 11.3 Å². The highest BCUT2D eigenvalue weighted by molar-refractivity contribution is 7.80. The zero-order valence-electron chi connectivity index (χ0n) is 11.2. The van der Waals surface area contributed by atoms with E-state index in [9.17, 15) is 0 Å². The van der Waals surface area contributed by atoms with Crippen LogP contribution in [-0.4, -0.2) is 5.75 Å². The van der Waals surface area contributed by atoms with Gasteiger partial charge in [0.1, 0.15) is 0 Å². The lowest BCUT2D eigenvalue weighted by Crippen LogP contribution is -2.23. The number of hydrogen-bond donors (Lipinski definition) is 1. The smallest absolute Gasteiger partial charge is 0.00412 e. The maximum atomic E-state index is 4.61. The predicted octanol–water partition coefficient (Wildman–Crippen LogP) is 5.33. The first kappa shape index (κ1) is 15.3. The molecule has 0 amide bonds. The summed E-state index contributed by atoms with van der Waals surface area (Å²) < 4.78 is 0. The molecule has 0 radical (unpaired) electrons. The topological polar surface area (TPSA) is 0 Å². The van der Waals surface area contributed by atoms with Crippen molar-refractivity contribution in [3.8, 4) is 0 Å². The summed E-state index contributed by atoms with van der Waals surface area (Å²) >= 11 is 4.61. The molecule has 0 N–H and O–H groups in total. The van der Waals surface area contributed by atoms with Crippen LogP contribution in [-0.2, 0) is 0 Å². The van der Waals surface area contributed by atoms with Gasteiger partial charge in [-0.1, -0.05) is 53.4 Å². The number of unbranched alkanes of at least 4 members (excludes halogenated alkanes) is 1. The molecule has 0 aliphatic rings. The summed E-state index contributed by atoms with van der Waals surface area (Å²) in [6, 6.07) is 0. The molecule has 0 bridgehead atoms. The second-order valence-electron chi connectivity index (χ2n) is 5.44. The van der Waals surface area contributed by atoms with Crippen LogP contribution in [0.3, 0.4) is 0 Å². The van der Waals surface area contributed by atoms with Crippen LogP contribution in [0.4, 0.5) is 0 Å². The minimum Gasteiger partial charge on any atom is -0.179 e. The largest absolute Gasteiger partial charge is 0.179 e. The molecule has 0 nitrogen and oxygen atoms in total. The van der Waals surface area contributed by atoms with Gasteiger partial charge in [-0.15, -0.1) is 0 Å². The van der Waals surface area contributed by atoms with Crippen LogP contribution in [0.15, 0.2) is 0 Å². The van der Waals surface area contributed by atoms with E-state index in [1.165, 1.54) is 44.9 Å². The Morgan fingerprint density at radius 2 is 1.67 bits per heavy atom. The molecule has 0 saturated heterocycles. The first-order valence-electron chi connectivity index (χ1n) is 6.71. The van der Waals surface area contributed by atoms with Crippen molar-refractivity contribution in [2.75, 3.05) is 5.75 Å². The number of hydrogen-bond acceptors (Lipinski definition) is 1. The fraction of sp³-hybridized carbons (Fsp3) is 1.00. The van der Waals surface area contributed by atoms with E-state index in [0.29, 0.717) is 5.41 Å². The van der Waals surface area contributed by atoms with Crippen LogP contribution in [0, 0.1) is 11.3 Å². The second kappa shape index (κ2) is 8.50. The molecule has 92 valence electrons. The molecule has 0 spiro atoms. The molecular formula is C14H30S. The molecule has 1 unspecified atom stereocenters. The third-order valence-corrected chi connectivity index (χ3v) is 4.10. The van der Waals surface area contributed by atoms with Gasteiger partial charge in [0.2, 0.25) is 0 Å². The molecule has 1 atom stereocenters. The normalized spacial score (nSPS) is 15.6. The lowest BCUT2D eigenvalue weighted by atomic mass is 9.75. The van der Waals surface area contributed by atoms with Crippen molar-refractivity contribution in [3.05, 3.63) is 0 Å². The van der Waals surface area contributed by atoms with Gasteiger partial charge in [-0.05, 0) is 36.3 Å². The Morgan fingerprint density at radius 1 is 1.00 bits per heavy atom. The summed E-state index contributed by atoms with van der Waals surface area (Å²) in [5.74, 6) is 1.91. The fourth-order valence-electron chi connectivity index (χ4n) is 2.29. The minimum atomic E-state index is 0.540. The van der Waals surface area contributed by atoms with Gasteiger partial charge in [0.25, 0.3) is 0 Å². The maximum Gasteiger partial charge on any atom is -0.00412 e. The third-order valence-electron chi connectivity index (χ3n) is 3.43. The van der Waals surface area contributed by atoms with E-state index in [0.717, 1.165) is 11.7 Å². The molecule has 0 rings (SSSR count). The SMILES string of the molecule is CCCCC(CS)(CCC)CCC(C)C. The van der Waals surface area contributed by atoms with E-state index >= 15 is 0 Å². The van der Waals surface area contributed by atoms with Gasteiger partial charge in [0.15, 0.2) is 0 Å². The van der Waals surface area contributed by atoms with E-state index in [1.807, 2.05) is 0 Å². The predicted molar refractivity (Wildman–Crippen MR) is 74.8 cm³/mol. The van der Waals surface area contributed by atoms with E-state index in [-0.39, 0.29) is 0 Å². The molecular weight excluding hydrogens is 200 g/mol. The van der Waals surface area contributed by atoms with Gasteiger partial charge in [-0.2, -0.15) is 12.6 Å². The Labute approximate surface area is 103 Å². The van der Waals surface area contributed by atoms with Crippen molar-refractivity contribution in [1.29, 1.82) is 0 Å². The molecule has 15 heavy (non-hydrogen) atoms. The summed E-state index contributed by atoms with van der Waals surface area (Å²) in [5.41, 5.74) is 0.540. The van der Waals surface area contributed by atoms with E-state index in [1.54, 1.807) is 0 Å². The van der Waals surface area contributed by atoms with Crippen LogP contribution >= 0.6 is 12.6 Å². The van der Waals surface area contributed by atoms with Crippen molar-refractivity contribution in [2.45, 2.75) is 72.6 Å². The summed E-state index contributed by atoms with van der Waals surface area (Å²) in [6.07, 6.45) is 9.49. The molecule has 0 aliphatic carbocycles. The van der Waals surface area contributed by atoms with Crippen molar-refractivity contribution in [3.63, 3.8) is 0 Å². The van der Waals surface area contributed by atoms with Gasteiger partial charge in [-0.3, -0.25) is 0 Å². The first-order valence-corrected chi connectivity index (χ1v) is 7.34. The lowest BCUT2D eigenvalue weighted by Gasteiger charge is -2.33. The molecule has 0 heterocycles.